The predicted octanol–water partition coefficient (Wildman–Crippen LogP) is 3.29. The fraction of sp³-hybridized carbons (Fsp3) is 0.167. The highest BCUT2D eigenvalue weighted by Gasteiger charge is 2.23. The van der Waals surface area contributed by atoms with Gasteiger partial charge in [-0.05, 0) is 28.7 Å². The second-order valence-electron chi connectivity index (χ2n) is 5.22. The van der Waals surface area contributed by atoms with Crippen molar-refractivity contribution in [1.82, 2.24) is 0 Å². The molecule has 0 aliphatic heterocycles. The summed E-state index contributed by atoms with van der Waals surface area (Å²) in [6.07, 6.45) is 3.48. The molecule has 1 aliphatic carbocycles. The van der Waals surface area contributed by atoms with Crippen LogP contribution in [0.25, 0.3) is 5.57 Å². The molecule has 0 fully saturated rings. The van der Waals surface area contributed by atoms with Crippen molar-refractivity contribution in [2.45, 2.75) is 18.8 Å². The predicted molar refractivity (Wildman–Crippen MR) is 81.1 cm³/mol. The normalized spacial score (nSPS) is 16.6. The number of fused-ring (bicyclic) bond motifs is 1. The van der Waals surface area contributed by atoms with Gasteiger partial charge in [-0.1, -0.05) is 60.7 Å². The standard InChI is InChI=1S/C18H17NO/c19-18(20)12-15-11-14(10-13-6-2-1-3-7-13)16-8-4-5-9-17(15)16/h1-9,11,14H,10,12H2,(H2,19,20). The lowest BCUT2D eigenvalue weighted by molar-refractivity contribution is -0.117. The van der Waals surface area contributed by atoms with E-state index in [1.807, 2.05) is 12.1 Å². The average Bonchev–Trinajstić information content (AvgIpc) is 2.78. The number of hydrogen-bond donors (Lipinski definition) is 1. The monoisotopic (exact) mass is 263 g/mol. The lowest BCUT2D eigenvalue weighted by atomic mass is 9.94. The van der Waals surface area contributed by atoms with E-state index >= 15 is 0 Å². The van der Waals surface area contributed by atoms with E-state index in [2.05, 4.69) is 48.5 Å². The Kier molecular flexibility index (Phi) is 3.38. The van der Waals surface area contributed by atoms with E-state index in [1.54, 1.807) is 0 Å². The van der Waals surface area contributed by atoms with E-state index in [0.29, 0.717) is 12.3 Å². The molecule has 2 aromatic carbocycles. The summed E-state index contributed by atoms with van der Waals surface area (Å²) >= 11 is 0. The number of amides is 1. The molecule has 2 heteroatoms. The Morgan fingerprint density at radius 3 is 2.45 bits per heavy atom. The fourth-order valence-electron chi connectivity index (χ4n) is 2.91. The molecular formula is C18H17NO. The van der Waals surface area contributed by atoms with Crippen LogP contribution in [0, 0.1) is 0 Å². The molecule has 2 nitrogen and oxygen atoms in total. The second-order valence-corrected chi connectivity index (χ2v) is 5.22. The Labute approximate surface area is 118 Å². The summed E-state index contributed by atoms with van der Waals surface area (Å²) in [5.41, 5.74) is 10.2. The Hall–Kier alpha value is -2.35. The van der Waals surface area contributed by atoms with Crippen molar-refractivity contribution in [3.63, 3.8) is 0 Å². The van der Waals surface area contributed by atoms with Crippen molar-refractivity contribution in [2.24, 2.45) is 5.73 Å². The first-order valence-electron chi connectivity index (χ1n) is 6.86. The number of rotatable bonds is 4. The van der Waals surface area contributed by atoms with Gasteiger partial charge in [0, 0.05) is 5.92 Å². The molecule has 3 rings (SSSR count). The highest BCUT2D eigenvalue weighted by molar-refractivity contribution is 5.90. The summed E-state index contributed by atoms with van der Waals surface area (Å²) in [5, 5.41) is 0. The minimum absolute atomic E-state index is 0.272. The number of carbonyl (C=O) groups is 1. The van der Waals surface area contributed by atoms with Gasteiger partial charge in [-0.25, -0.2) is 0 Å². The molecule has 0 radical (unpaired) electrons. The van der Waals surface area contributed by atoms with Gasteiger partial charge in [-0.3, -0.25) is 4.79 Å². The van der Waals surface area contributed by atoms with Crippen LogP contribution >= 0.6 is 0 Å². The minimum Gasteiger partial charge on any atom is -0.369 e. The number of allylic oxidation sites excluding steroid dienone is 1. The lowest BCUT2D eigenvalue weighted by Gasteiger charge is -2.10. The highest BCUT2D eigenvalue weighted by Crippen LogP contribution is 2.39. The van der Waals surface area contributed by atoms with Crippen LogP contribution in [0.15, 0.2) is 60.7 Å². The van der Waals surface area contributed by atoms with Gasteiger partial charge in [-0.15, -0.1) is 0 Å². The topological polar surface area (TPSA) is 43.1 Å². The first kappa shape index (κ1) is 12.7. The van der Waals surface area contributed by atoms with Crippen LogP contribution in [-0.2, 0) is 11.2 Å². The van der Waals surface area contributed by atoms with Gasteiger partial charge in [0.05, 0.1) is 6.42 Å². The molecule has 1 atom stereocenters. The molecule has 0 bridgehead atoms. The van der Waals surface area contributed by atoms with Crippen molar-refractivity contribution < 1.29 is 4.79 Å². The summed E-state index contributed by atoms with van der Waals surface area (Å²) in [4.78, 5) is 11.2. The van der Waals surface area contributed by atoms with Gasteiger partial charge in [0.25, 0.3) is 0 Å². The summed E-state index contributed by atoms with van der Waals surface area (Å²) in [6.45, 7) is 0. The van der Waals surface area contributed by atoms with Gasteiger partial charge in [-0.2, -0.15) is 0 Å². The maximum Gasteiger partial charge on any atom is 0.221 e. The third kappa shape index (κ3) is 2.50. The molecule has 20 heavy (non-hydrogen) atoms. The van der Waals surface area contributed by atoms with Crippen molar-refractivity contribution in [3.8, 4) is 0 Å². The summed E-state index contributed by atoms with van der Waals surface area (Å²) in [5.74, 6) is 0.0642. The van der Waals surface area contributed by atoms with Crippen molar-refractivity contribution in [1.29, 1.82) is 0 Å². The van der Waals surface area contributed by atoms with E-state index in [4.69, 9.17) is 5.73 Å². The maximum atomic E-state index is 11.2. The van der Waals surface area contributed by atoms with Crippen LogP contribution in [0.4, 0.5) is 0 Å². The van der Waals surface area contributed by atoms with E-state index in [-0.39, 0.29) is 5.91 Å². The Balaban J connectivity index is 1.92. The zero-order valence-corrected chi connectivity index (χ0v) is 11.3. The van der Waals surface area contributed by atoms with Gasteiger partial charge < -0.3 is 5.73 Å². The largest absolute Gasteiger partial charge is 0.369 e. The third-order valence-corrected chi connectivity index (χ3v) is 3.77. The molecule has 0 spiro atoms. The van der Waals surface area contributed by atoms with Crippen LogP contribution in [0.2, 0.25) is 0 Å². The van der Waals surface area contributed by atoms with Gasteiger partial charge in [0.1, 0.15) is 0 Å². The molecule has 1 amide bonds. The summed E-state index contributed by atoms with van der Waals surface area (Å²) < 4.78 is 0. The zero-order valence-electron chi connectivity index (χ0n) is 11.3. The molecule has 1 unspecified atom stereocenters. The zero-order chi connectivity index (χ0) is 13.9. The van der Waals surface area contributed by atoms with E-state index in [0.717, 1.165) is 12.0 Å². The second kappa shape index (κ2) is 5.33. The molecule has 1 aliphatic rings. The molecule has 0 aromatic heterocycles. The molecule has 100 valence electrons. The molecule has 2 aromatic rings. The summed E-state index contributed by atoms with van der Waals surface area (Å²) in [6, 6.07) is 18.7. The molecule has 0 saturated carbocycles. The van der Waals surface area contributed by atoms with Crippen LogP contribution in [0.3, 0.4) is 0 Å². The Morgan fingerprint density at radius 2 is 1.70 bits per heavy atom. The van der Waals surface area contributed by atoms with Gasteiger partial charge in [0.15, 0.2) is 0 Å². The molecule has 2 N–H and O–H groups in total. The first-order chi connectivity index (χ1) is 9.74. The van der Waals surface area contributed by atoms with Crippen molar-refractivity contribution >= 4 is 11.5 Å². The van der Waals surface area contributed by atoms with Crippen molar-refractivity contribution in [2.75, 3.05) is 0 Å². The first-order valence-corrected chi connectivity index (χ1v) is 6.86. The SMILES string of the molecule is NC(=O)CC1=CC(Cc2ccccc2)c2ccccc21. The average molecular weight is 263 g/mol. The van der Waals surface area contributed by atoms with Crippen molar-refractivity contribution in [3.05, 3.63) is 77.4 Å². The van der Waals surface area contributed by atoms with Gasteiger partial charge >= 0.3 is 0 Å². The van der Waals surface area contributed by atoms with Crippen LogP contribution < -0.4 is 5.73 Å². The molecule has 0 heterocycles. The number of carbonyl (C=O) groups excluding carboxylic acids is 1. The van der Waals surface area contributed by atoms with E-state index in [9.17, 15) is 4.79 Å². The smallest absolute Gasteiger partial charge is 0.221 e. The number of hydrogen-bond acceptors (Lipinski definition) is 1. The minimum atomic E-state index is -0.272. The lowest BCUT2D eigenvalue weighted by Crippen LogP contribution is -2.10. The quantitative estimate of drug-likeness (QED) is 0.903. The third-order valence-electron chi connectivity index (χ3n) is 3.77. The number of primary amides is 1. The molecule has 0 saturated heterocycles. The van der Waals surface area contributed by atoms with Crippen LogP contribution in [0.1, 0.15) is 29.0 Å². The highest BCUT2D eigenvalue weighted by atomic mass is 16.1. The Bertz CT molecular complexity index is 658. The Morgan fingerprint density at radius 1 is 1.00 bits per heavy atom. The molecular weight excluding hydrogens is 246 g/mol. The van der Waals surface area contributed by atoms with Gasteiger partial charge in [0.2, 0.25) is 5.91 Å². The number of benzene rings is 2. The van der Waals surface area contributed by atoms with Crippen LogP contribution in [0.5, 0.6) is 0 Å². The maximum absolute atomic E-state index is 11.2. The van der Waals surface area contributed by atoms with Crippen LogP contribution in [-0.4, -0.2) is 5.91 Å². The summed E-state index contributed by atoms with van der Waals surface area (Å²) in [7, 11) is 0. The fourth-order valence-corrected chi connectivity index (χ4v) is 2.91. The van der Waals surface area contributed by atoms with E-state index < -0.39 is 0 Å². The van der Waals surface area contributed by atoms with E-state index in [1.165, 1.54) is 16.7 Å². The number of nitrogens with two attached hydrogens (primary N) is 1.